The van der Waals surface area contributed by atoms with E-state index in [4.69, 9.17) is 0 Å². The highest BCUT2D eigenvalue weighted by Crippen LogP contribution is 2.35. The highest BCUT2D eigenvalue weighted by atomic mass is 16.1. The second kappa shape index (κ2) is 2.76. The van der Waals surface area contributed by atoms with Crippen molar-refractivity contribution in [2.45, 2.75) is 33.1 Å². The molecule has 2 heteroatoms. The van der Waals surface area contributed by atoms with Gasteiger partial charge in [0, 0.05) is 6.42 Å². The van der Waals surface area contributed by atoms with Crippen LogP contribution in [0.5, 0.6) is 0 Å². The normalized spacial score (nSPS) is 30.0. The van der Waals surface area contributed by atoms with Crippen molar-refractivity contribution in [1.82, 2.24) is 0 Å². The predicted molar refractivity (Wildman–Crippen MR) is 42.2 cm³/mol. The van der Waals surface area contributed by atoms with E-state index in [0.29, 0.717) is 6.42 Å². The van der Waals surface area contributed by atoms with E-state index in [-0.39, 0.29) is 17.1 Å². The first kappa shape index (κ1) is 8.44. The first-order chi connectivity index (χ1) is 5.05. The van der Waals surface area contributed by atoms with Gasteiger partial charge in [-0.3, -0.25) is 4.79 Å². The number of hydrogen-bond donors (Lipinski definition) is 0. The molecule has 1 atom stereocenters. The van der Waals surface area contributed by atoms with Crippen LogP contribution in [0.4, 0.5) is 0 Å². The summed E-state index contributed by atoms with van der Waals surface area (Å²) in [6.07, 6.45) is 3.03. The maximum atomic E-state index is 11.1. The Hall–Kier alpha value is -0.660. The van der Waals surface area contributed by atoms with Gasteiger partial charge in [0.1, 0.15) is 12.1 Å². The Morgan fingerprint density at radius 2 is 2.18 bits per heavy atom. The SMILES string of the molecule is CC1(C)CCC(=O)C(C=O)C1. The van der Waals surface area contributed by atoms with Crippen LogP contribution in [-0.4, -0.2) is 12.1 Å². The average molecular weight is 154 g/mol. The molecule has 2 nitrogen and oxygen atoms in total. The second-order valence-corrected chi connectivity index (χ2v) is 4.08. The number of carbonyl (C=O) groups excluding carboxylic acids is 2. The van der Waals surface area contributed by atoms with Gasteiger partial charge in [-0.15, -0.1) is 0 Å². The van der Waals surface area contributed by atoms with Crippen LogP contribution in [0.2, 0.25) is 0 Å². The van der Waals surface area contributed by atoms with Crippen molar-refractivity contribution in [2.75, 3.05) is 0 Å². The van der Waals surface area contributed by atoms with E-state index in [1.54, 1.807) is 0 Å². The minimum Gasteiger partial charge on any atom is -0.303 e. The Balaban J connectivity index is 2.65. The van der Waals surface area contributed by atoms with Gasteiger partial charge in [0.15, 0.2) is 0 Å². The van der Waals surface area contributed by atoms with Gasteiger partial charge in [0.25, 0.3) is 0 Å². The third-order valence-electron chi connectivity index (χ3n) is 2.40. The second-order valence-electron chi connectivity index (χ2n) is 4.08. The number of ketones is 1. The zero-order valence-electron chi connectivity index (χ0n) is 7.09. The molecular formula is C9H14O2. The van der Waals surface area contributed by atoms with Gasteiger partial charge in [-0.2, -0.15) is 0 Å². The van der Waals surface area contributed by atoms with Crippen molar-refractivity contribution in [3.8, 4) is 0 Å². The van der Waals surface area contributed by atoms with Gasteiger partial charge in [0.2, 0.25) is 0 Å². The smallest absolute Gasteiger partial charge is 0.143 e. The molecule has 1 fully saturated rings. The predicted octanol–water partition coefficient (Wildman–Crippen LogP) is 1.58. The van der Waals surface area contributed by atoms with Gasteiger partial charge >= 0.3 is 0 Å². The van der Waals surface area contributed by atoms with E-state index in [0.717, 1.165) is 19.1 Å². The molecule has 1 saturated carbocycles. The van der Waals surface area contributed by atoms with Crippen LogP contribution in [0.25, 0.3) is 0 Å². The first-order valence-electron chi connectivity index (χ1n) is 4.03. The summed E-state index contributed by atoms with van der Waals surface area (Å²) in [6, 6.07) is 0. The van der Waals surface area contributed by atoms with E-state index in [9.17, 15) is 9.59 Å². The summed E-state index contributed by atoms with van der Waals surface area (Å²) in [6.45, 7) is 4.21. The first-order valence-corrected chi connectivity index (χ1v) is 4.03. The molecule has 0 heterocycles. The Labute approximate surface area is 67.0 Å². The Bertz CT molecular complexity index is 182. The lowest BCUT2D eigenvalue weighted by molar-refractivity contribution is -0.131. The highest BCUT2D eigenvalue weighted by Gasteiger charge is 2.32. The molecule has 0 aromatic carbocycles. The molecule has 1 aliphatic rings. The lowest BCUT2D eigenvalue weighted by atomic mass is 9.72. The largest absolute Gasteiger partial charge is 0.303 e. The van der Waals surface area contributed by atoms with Crippen LogP contribution in [0, 0.1) is 11.3 Å². The van der Waals surface area contributed by atoms with Gasteiger partial charge < -0.3 is 4.79 Å². The summed E-state index contributed by atoms with van der Waals surface area (Å²) in [5, 5.41) is 0. The van der Waals surface area contributed by atoms with Gasteiger partial charge in [-0.25, -0.2) is 0 Å². The lowest BCUT2D eigenvalue weighted by Crippen LogP contribution is -2.30. The van der Waals surface area contributed by atoms with Crippen LogP contribution < -0.4 is 0 Å². The molecule has 0 aliphatic heterocycles. The number of rotatable bonds is 1. The maximum absolute atomic E-state index is 11.1. The van der Waals surface area contributed by atoms with Gasteiger partial charge in [0.05, 0.1) is 5.92 Å². The zero-order valence-corrected chi connectivity index (χ0v) is 7.09. The quantitative estimate of drug-likeness (QED) is 0.424. The van der Waals surface area contributed by atoms with E-state index < -0.39 is 0 Å². The van der Waals surface area contributed by atoms with Crippen molar-refractivity contribution >= 4 is 12.1 Å². The van der Waals surface area contributed by atoms with Gasteiger partial charge in [-0.1, -0.05) is 13.8 Å². The highest BCUT2D eigenvalue weighted by molar-refractivity contribution is 5.93. The Morgan fingerprint density at radius 1 is 1.55 bits per heavy atom. The van der Waals surface area contributed by atoms with Crippen molar-refractivity contribution < 1.29 is 9.59 Å². The van der Waals surface area contributed by atoms with Crippen LogP contribution in [0.3, 0.4) is 0 Å². The summed E-state index contributed by atoms with van der Waals surface area (Å²) < 4.78 is 0. The summed E-state index contributed by atoms with van der Waals surface area (Å²) in [5.41, 5.74) is 0.180. The summed E-state index contributed by atoms with van der Waals surface area (Å²) in [5.74, 6) is -0.196. The molecular weight excluding hydrogens is 140 g/mol. The Morgan fingerprint density at radius 3 is 2.64 bits per heavy atom. The lowest BCUT2D eigenvalue weighted by Gasteiger charge is -2.31. The number of carbonyl (C=O) groups is 2. The number of hydrogen-bond acceptors (Lipinski definition) is 2. The van der Waals surface area contributed by atoms with Crippen molar-refractivity contribution in [1.29, 1.82) is 0 Å². The van der Waals surface area contributed by atoms with Crippen LogP contribution >= 0.6 is 0 Å². The molecule has 0 bridgehead atoms. The van der Waals surface area contributed by atoms with Crippen LogP contribution in [-0.2, 0) is 9.59 Å². The standard InChI is InChI=1S/C9H14O2/c1-9(2)4-3-8(11)7(5-9)6-10/h6-7H,3-5H2,1-2H3. The summed E-state index contributed by atoms with van der Waals surface area (Å²) in [7, 11) is 0. The Kier molecular flexibility index (Phi) is 2.12. The van der Waals surface area contributed by atoms with E-state index in [2.05, 4.69) is 13.8 Å². The van der Waals surface area contributed by atoms with Crippen molar-refractivity contribution in [3.05, 3.63) is 0 Å². The average Bonchev–Trinajstić information content (AvgIpc) is 1.94. The minimum absolute atomic E-state index is 0.124. The fourth-order valence-electron chi connectivity index (χ4n) is 1.58. The van der Waals surface area contributed by atoms with E-state index in [1.165, 1.54) is 0 Å². The molecule has 62 valence electrons. The van der Waals surface area contributed by atoms with Crippen LogP contribution in [0.1, 0.15) is 33.1 Å². The van der Waals surface area contributed by atoms with Crippen molar-refractivity contribution in [3.63, 3.8) is 0 Å². The monoisotopic (exact) mass is 154 g/mol. The van der Waals surface area contributed by atoms with E-state index in [1.807, 2.05) is 0 Å². The maximum Gasteiger partial charge on any atom is 0.143 e. The molecule has 0 spiro atoms. The number of aldehydes is 1. The summed E-state index contributed by atoms with van der Waals surface area (Å²) >= 11 is 0. The molecule has 1 aliphatic carbocycles. The third-order valence-corrected chi connectivity index (χ3v) is 2.40. The molecule has 0 N–H and O–H groups in total. The molecule has 0 radical (unpaired) electrons. The summed E-state index contributed by atoms with van der Waals surface area (Å²) in [4.78, 5) is 21.5. The van der Waals surface area contributed by atoms with Crippen molar-refractivity contribution in [2.24, 2.45) is 11.3 Å². The molecule has 0 aromatic rings. The molecule has 1 rings (SSSR count). The molecule has 0 amide bonds. The molecule has 1 unspecified atom stereocenters. The molecule has 11 heavy (non-hydrogen) atoms. The van der Waals surface area contributed by atoms with Gasteiger partial charge in [-0.05, 0) is 18.3 Å². The topological polar surface area (TPSA) is 34.1 Å². The number of Topliss-reactive ketones (excluding diaryl/α,β-unsaturated/α-hetero) is 1. The zero-order chi connectivity index (χ0) is 8.48. The fourth-order valence-corrected chi connectivity index (χ4v) is 1.58. The minimum atomic E-state index is -0.321. The molecule has 0 saturated heterocycles. The fraction of sp³-hybridized carbons (Fsp3) is 0.778. The third kappa shape index (κ3) is 1.88. The van der Waals surface area contributed by atoms with Crippen LogP contribution in [0.15, 0.2) is 0 Å². The van der Waals surface area contributed by atoms with E-state index >= 15 is 0 Å². The molecule has 0 aromatic heterocycles.